The summed E-state index contributed by atoms with van der Waals surface area (Å²) in [5, 5.41) is 20.2. The third kappa shape index (κ3) is 5.57. The molecule has 0 saturated heterocycles. The number of hydrogen-bond acceptors (Lipinski definition) is 7. The van der Waals surface area contributed by atoms with Gasteiger partial charge in [-0.15, -0.1) is 5.76 Å². The van der Waals surface area contributed by atoms with E-state index < -0.39 is 21.8 Å². The van der Waals surface area contributed by atoms with Crippen LogP contribution in [-0.4, -0.2) is 48.7 Å². The Hall–Kier alpha value is -2.39. The molecule has 142 valence electrons. The van der Waals surface area contributed by atoms with Crippen LogP contribution >= 0.6 is 0 Å². The largest absolute Gasteiger partial charge is 0.875 e. The highest BCUT2D eigenvalue weighted by Crippen LogP contribution is 2.30. The van der Waals surface area contributed by atoms with Gasteiger partial charge >= 0.3 is 5.97 Å². The van der Waals surface area contributed by atoms with Crippen LogP contribution in [0, 0.1) is 0 Å². The van der Waals surface area contributed by atoms with E-state index in [4.69, 9.17) is 5.11 Å². The monoisotopic (exact) mass is 381 g/mol. The normalized spacial score (nSPS) is 14.3. The first kappa shape index (κ1) is 19.9. The second-order valence-corrected chi connectivity index (χ2v) is 7.57. The van der Waals surface area contributed by atoms with Gasteiger partial charge in [0.1, 0.15) is 0 Å². The van der Waals surface area contributed by atoms with Crippen molar-refractivity contribution < 1.29 is 32.8 Å². The summed E-state index contributed by atoms with van der Waals surface area (Å²) in [6, 6.07) is 6.64. The summed E-state index contributed by atoms with van der Waals surface area (Å²) in [6.07, 6.45) is 0.377. The number of allylic oxidation sites excluding steroid dienone is 2. The van der Waals surface area contributed by atoms with E-state index in [1.165, 1.54) is 0 Å². The summed E-state index contributed by atoms with van der Waals surface area (Å²) in [5.41, 5.74) is 1.41. The molecule has 0 fully saturated rings. The lowest BCUT2D eigenvalue weighted by Gasteiger charge is -2.28. The van der Waals surface area contributed by atoms with Gasteiger partial charge in [-0.3, -0.25) is 9.59 Å². The Morgan fingerprint density at radius 2 is 1.77 bits per heavy atom. The molecule has 0 bridgehead atoms. The Morgan fingerprint density at radius 1 is 1.15 bits per heavy atom. The fraction of sp³-hybridized carbons (Fsp3) is 0.412. The van der Waals surface area contributed by atoms with Crippen molar-refractivity contribution in [2.24, 2.45) is 0 Å². The zero-order chi connectivity index (χ0) is 19.3. The highest BCUT2D eigenvalue weighted by molar-refractivity contribution is 7.85. The minimum atomic E-state index is -4.31. The topological polar surface area (TPSA) is 138 Å². The van der Waals surface area contributed by atoms with Crippen molar-refractivity contribution in [3.05, 3.63) is 35.6 Å². The van der Waals surface area contributed by atoms with Gasteiger partial charge in [-0.1, -0.05) is 12.1 Å². The van der Waals surface area contributed by atoms with Crippen LogP contribution in [0.1, 0.15) is 31.2 Å². The van der Waals surface area contributed by atoms with Crippen molar-refractivity contribution in [3.63, 3.8) is 0 Å². The van der Waals surface area contributed by atoms with E-state index in [1.54, 1.807) is 29.2 Å². The van der Waals surface area contributed by atoms with Crippen molar-refractivity contribution in [2.45, 2.75) is 25.7 Å². The van der Waals surface area contributed by atoms with Crippen LogP contribution in [0.3, 0.4) is 0 Å². The molecule has 1 aromatic rings. The van der Waals surface area contributed by atoms with E-state index in [0.29, 0.717) is 24.2 Å². The van der Waals surface area contributed by atoms with Crippen molar-refractivity contribution in [1.29, 1.82) is 0 Å². The third-order valence-electron chi connectivity index (χ3n) is 4.04. The lowest BCUT2D eigenvalue weighted by Crippen LogP contribution is -2.28. The maximum atomic E-state index is 11.5. The molecule has 0 aliphatic heterocycles. The number of carbonyl (C=O) groups is 2. The molecule has 1 aromatic carbocycles. The first-order valence-corrected chi connectivity index (χ1v) is 9.69. The molecule has 1 N–H and O–H groups in total. The molecule has 0 amide bonds. The first-order chi connectivity index (χ1) is 12.2. The van der Waals surface area contributed by atoms with Gasteiger partial charge in [-0.05, 0) is 30.5 Å². The Kier molecular flexibility index (Phi) is 6.38. The van der Waals surface area contributed by atoms with E-state index in [-0.39, 0.29) is 42.9 Å². The zero-order valence-corrected chi connectivity index (χ0v) is 14.8. The highest BCUT2D eigenvalue weighted by atomic mass is 32.2. The number of carboxylic acids is 1. The summed E-state index contributed by atoms with van der Waals surface area (Å²) in [7, 11) is -4.31. The van der Waals surface area contributed by atoms with Crippen molar-refractivity contribution >= 4 is 33.1 Å². The van der Waals surface area contributed by atoms with Crippen LogP contribution < -0.4 is 10.0 Å². The van der Waals surface area contributed by atoms with Crippen molar-refractivity contribution in [1.82, 2.24) is 0 Å². The van der Waals surface area contributed by atoms with E-state index in [1.807, 2.05) is 0 Å². The van der Waals surface area contributed by atoms with Crippen LogP contribution in [0.15, 0.2) is 30.0 Å². The molecule has 1 aliphatic rings. The van der Waals surface area contributed by atoms with Gasteiger partial charge in [0, 0.05) is 42.9 Å². The fourth-order valence-electron chi connectivity index (χ4n) is 2.76. The molecule has 26 heavy (non-hydrogen) atoms. The van der Waals surface area contributed by atoms with Gasteiger partial charge in [-0.25, -0.2) is 8.42 Å². The standard InChI is InChI=1S/C17H21NO7S/c19-14-11-15(20)17(14)12-4-6-13(7-5-12)18(8-1-3-16(21)22)9-2-10-26(23,24)25/h4-7,19H,1-3,8-11H2,(H,21,22)(H,23,24,25)/p-2. The number of aliphatic carboxylic acids is 1. The van der Waals surface area contributed by atoms with Gasteiger partial charge < -0.3 is 19.7 Å². The van der Waals surface area contributed by atoms with Crippen LogP contribution in [0.5, 0.6) is 0 Å². The molecule has 0 spiro atoms. The molecule has 9 heteroatoms. The molecule has 2 rings (SSSR count). The van der Waals surface area contributed by atoms with Gasteiger partial charge in [0.05, 0.1) is 10.1 Å². The molecule has 8 nitrogen and oxygen atoms in total. The number of carboxylic acid groups (broad SMARTS) is 1. The Bertz CT molecular complexity index is 812. The quantitative estimate of drug-likeness (QED) is 0.573. The lowest BCUT2D eigenvalue weighted by molar-refractivity contribution is -0.306. The summed E-state index contributed by atoms with van der Waals surface area (Å²) in [4.78, 5) is 24.0. The Balaban J connectivity index is 2.08. The molecule has 0 radical (unpaired) electrons. The van der Waals surface area contributed by atoms with E-state index in [2.05, 4.69) is 0 Å². The fourth-order valence-corrected chi connectivity index (χ4v) is 3.24. The molecule has 0 saturated carbocycles. The third-order valence-corrected chi connectivity index (χ3v) is 4.83. The van der Waals surface area contributed by atoms with E-state index in [0.717, 1.165) is 0 Å². The minimum absolute atomic E-state index is 0.0324. The number of Topliss-reactive ketones (excluding diaryl/α,β-unsaturated/α-hetero) is 1. The number of hydrogen-bond donors (Lipinski definition) is 1. The van der Waals surface area contributed by atoms with Gasteiger partial charge in [0.2, 0.25) is 0 Å². The Morgan fingerprint density at radius 3 is 2.27 bits per heavy atom. The smallest absolute Gasteiger partial charge is 0.303 e. The first-order valence-electron chi connectivity index (χ1n) is 8.11. The van der Waals surface area contributed by atoms with Gasteiger partial charge in [0.15, 0.2) is 5.78 Å². The van der Waals surface area contributed by atoms with Crippen molar-refractivity contribution in [3.8, 4) is 0 Å². The average Bonchev–Trinajstić information content (AvgIpc) is 2.52. The summed E-state index contributed by atoms with van der Waals surface area (Å²) in [6.45, 7) is 0.647. The molecule has 0 unspecified atom stereocenters. The number of anilines is 1. The lowest BCUT2D eigenvalue weighted by atomic mass is 9.88. The van der Waals surface area contributed by atoms with Crippen molar-refractivity contribution in [2.75, 3.05) is 23.7 Å². The molecule has 0 heterocycles. The molecular formula is C17H19NO7S-2. The summed E-state index contributed by atoms with van der Waals surface area (Å²) in [5.74, 6) is -1.81. The predicted octanol–water partition coefficient (Wildman–Crippen LogP) is 0.337. The van der Waals surface area contributed by atoms with Crippen LogP contribution in [0.2, 0.25) is 0 Å². The van der Waals surface area contributed by atoms with Crippen LogP contribution in [0.25, 0.3) is 5.57 Å². The number of carbonyl (C=O) groups excluding carboxylic acids is 1. The maximum Gasteiger partial charge on any atom is 0.303 e. The average molecular weight is 381 g/mol. The number of benzene rings is 1. The summed E-state index contributed by atoms with van der Waals surface area (Å²) >= 11 is 0. The summed E-state index contributed by atoms with van der Waals surface area (Å²) < 4.78 is 32.3. The molecule has 0 aromatic heterocycles. The highest BCUT2D eigenvalue weighted by Gasteiger charge is 2.21. The Labute approximate surface area is 151 Å². The molecule has 0 atom stereocenters. The van der Waals surface area contributed by atoms with Crippen LogP contribution in [0.4, 0.5) is 5.69 Å². The predicted molar refractivity (Wildman–Crippen MR) is 91.3 cm³/mol. The van der Waals surface area contributed by atoms with Crippen LogP contribution in [-0.2, 0) is 19.7 Å². The number of nitrogens with zero attached hydrogens (tertiary/aromatic N) is 1. The van der Waals surface area contributed by atoms with E-state index >= 15 is 0 Å². The number of ketones is 1. The molecular weight excluding hydrogens is 362 g/mol. The number of rotatable bonds is 10. The maximum absolute atomic E-state index is 11.5. The second kappa shape index (κ2) is 8.33. The second-order valence-electron chi connectivity index (χ2n) is 6.04. The SMILES string of the molecule is O=C(O)CCCN(CCCS(=O)(=O)[O-])c1ccc(C2=C([O-])CC2=O)cc1. The minimum Gasteiger partial charge on any atom is -0.875 e. The van der Waals surface area contributed by atoms with Gasteiger partial charge in [0.25, 0.3) is 0 Å². The van der Waals surface area contributed by atoms with E-state index in [9.17, 15) is 27.7 Å². The zero-order valence-electron chi connectivity index (χ0n) is 14.0. The van der Waals surface area contributed by atoms with Gasteiger partial charge in [-0.2, -0.15) is 0 Å². The molecule has 1 aliphatic carbocycles.